The standard InChI is InChI=1S/C11H21N3O2/c1-8(2)16-10(15)4-3-7-13-11(12)14-9-5-6-9/h8-9H,3-7H2,1-2H3,(H3,12,13,14). The van der Waals surface area contributed by atoms with Crippen LogP contribution < -0.4 is 11.1 Å². The summed E-state index contributed by atoms with van der Waals surface area (Å²) in [6.45, 7) is 4.25. The molecule has 1 fully saturated rings. The number of carbonyl (C=O) groups is 1. The second-order valence-corrected chi connectivity index (χ2v) is 4.33. The van der Waals surface area contributed by atoms with Crippen LogP contribution in [0.4, 0.5) is 0 Å². The lowest BCUT2D eigenvalue weighted by molar-refractivity contribution is -0.147. The molecule has 16 heavy (non-hydrogen) atoms. The molecule has 1 aliphatic rings. The molecule has 5 heteroatoms. The second kappa shape index (κ2) is 6.35. The van der Waals surface area contributed by atoms with Gasteiger partial charge in [-0.15, -0.1) is 0 Å². The first-order valence-electron chi connectivity index (χ1n) is 5.84. The van der Waals surface area contributed by atoms with Gasteiger partial charge in [-0.25, -0.2) is 0 Å². The first-order chi connectivity index (χ1) is 7.58. The van der Waals surface area contributed by atoms with Crippen molar-refractivity contribution in [2.24, 2.45) is 10.7 Å². The van der Waals surface area contributed by atoms with Crippen molar-refractivity contribution in [1.82, 2.24) is 5.32 Å². The zero-order valence-electron chi connectivity index (χ0n) is 10.0. The highest BCUT2D eigenvalue weighted by Crippen LogP contribution is 2.17. The summed E-state index contributed by atoms with van der Waals surface area (Å²) in [5.41, 5.74) is 5.63. The summed E-state index contributed by atoms with van der Waals surface area (Å²) in [5, 5.41) is 3.09. The van der Waals surface area contributed by atoms with Gasteiger partial charge < -0.3 is 15.8 Å². The molecule has 0 aromatic rings. The zero-order chi connectivity index (χ0) is 12.0. The van der Waals surface area contributed by atoms with Crippen molar-refractivity contribution < 1.29 is 9.53 Å². The van der Waals surface area contributed by atoms with Crippen molar-refractivity contribution in [1.29, 1.82) is 0 Å². The molecular formula is C11H21N3O2. The maximum absolute atomic E-state index is 11.2. The fourth-order valence-electron chi connectivity index (χ4n) is 1.23. The second-order valence-electron chi connectivity index (χ2n) is 4.33. The van der Waals surface area contributed by atoms with Gasteiger partial charge in [-0.2, -0.15) is 0 Å². The topological polar surface area (TPSA) is 76.7 Å². The van der Waals surface area contributed by atoms with Gasteiger partial charge in [0.05, 0.1) is 6.10 Å². The number of nitrogens with two attached hydrogens (primary N) is 1. The Kier molecular flexibility index (Phi) is 5.08. The highest BCUT2D eigenvalue weighted by atomic mass is 16.5. The maximum Gasteiger partial charge on any atom is 0.306 e. The number of nitrogens with zero attached hydrogens (tertiary/aromatic N) is 1. The lowest BCUT2D eigenvalue weighted by Gasteiger charge is -2.07. The predicted molar refractivity (Wildman–Crippen MR) is 63.1 cm³/mol. The summed E-state index contributed by atoms with van der Waals surface area (Å²) in [6, 6.07) is 0.523. The Labute approximate surface area is 96.4 Å². The summed E-state index contributed by atoms with van der Waals surface area (Å²) in [5.74, 6) is 0.318. The van der Waals surface area contributed by atoms with Crippen LogP contribution in [0.5, 0.6) is 0 Å². The molecule has 0 atom stereocenters. The van der Waals surface area contributed by atoms with E-state index in [0.717, 1.165) is 0 Å². The quantitative estimate of drug-likeness (QED) is 0.304. The van der Waals surface area contributed by atoms with E-state index in [1.165, 1.54) is 12.8 Å². The summed E-state index contributed by atoms with van der Waals surface area (Å²) >= 11 is 0. The van der Waals surface area contributed by atoms with Gasteiger partial charge in [0.15, 0.2) is 5.96 Å². The molecule has 1 saturated carbocycles. The number of hydrogen-bond acceptors (Lipinski definition) is 3. The van der Waals surface area contributed by atoms with E-state index in [1.807, 2.05) is 13.8 Å². The van der Waals surface area contributed by atoms with Crippen LogP contribution in [0.3, 0.4) is 0 Å². The first-order valence-corrected chi connectivity index (χ1v) is 5.84. The Bertz CT molecular complexity index is 260. The van der Waals surface area contributed by atoms with E-state index in [0.29, 0.717) is 31.4 Å². The summed E-state index contributed by atoms with van der Waals surface area (Å²) < 4.78 is 5.00. The molecule has 0 aliphatic heterocycles. The van der Waals surface area contributed by atoms with Gasteiger partial charge in [-0.3, -0.25) is 9.79 Å². The third kappa shape index (κ3) is 6.27. The lowest BCUT2D eigenvalue weighted by Crippen LogP contribution is -2.33. The van der Waals surface area contributed by atoms with Gasteiger partial charge in [-0.1, -0.05) is 0 Å². The van der Waals surface area contributed by atoms with Crippen LogP contribution in [0.2, 0.25) is 0 Å². The van der Waals surface area contributed by atoms with Crippen molar-refractivity contribution in [2.45, 2.75) is 51.7 Å². The molecule has 0 amide bonds. The number of aliphatic imine (C=N–C) groups is 1. The zero-order valence-corrected chi connectivity index (χ0v) is 10.0. The molecule has 3 N–H and O–H groups in total. The van der Waals surface area contributed by atoms with E-state index in [9.17, 15) is 4.79 Å². The molecule has 0 heterocycles. The third-order valence-corrected chi connectivity index (χ3v) is 2.12. The van der Waals surface area contributed by atoms with Crippen LogP contribution in [0.1, 0.15) is 39.5 Å². The minimum atomic E-state index is -0.168. The molecule has 0 radical (unpaired) electrons. The van der Waals surface area contributed by atoms with Gasteiger partial charge in [0.1, 0.15) is 0 Å². The molecule has 0 saturated heterocycles. The number of esters is 1. The summed E-state index contributed by atoms with van der Waals surface area (Å²) in [6.07, 6.45) is 3.39. The maximum atomic E-state index is 11.2. The molecule has 1 rings (SSSR count). The number of carbonyl (C=O) groups excluding carboxylic acids is 1. The average Bonchev–Trinajstić information content (AvgIpc) is 2.95. The van der Waals surface area contributed by atoms with Gasteiger partial charge in [-0.05, 0) is 33.1 Å². The largest absolute Gasteiger partial charge is 0.463 e. The van der Waals surface area contributed by atoms with E-state index in [2.05, 4.69) is 10.3 Å². The van der Waals surface area contributed by atoms with Crippen LogP contribution in [0.25, 0.3) is 0 Å². The molecule has 0 aromatic carbocycles. The van der Waals surface area contributed by atoms with E-state index in [4.69, 9.17) is 10.5 Å². The van der Waals surface area contributed by atoms with Crippen LogP contribution in [0.15, 0.2) is 4.99 Å². The molecule has 92 valence electrons. The molecule has 5 nitrogen and oxygen atoms in total. The van der Waals surface area contributed by atoms with Crippen molar-refractivity contribution >= 4 is 11.9 Å². The minimum Gasteiger partial charge on any atom is -0.463 e. The van der Waals surface area contributed by atoms with E-state index < -0.39 is 0 Å². The number of hydrogen-bond donors (Lipinski definition) is 2. The average molecular weight is 227 g/mol. The lowest BCUT2D eigenvalue weighted by atomic mass is 10.3. The van der Waals surface area contributed by atoms with Crippen molar-refractivity contribution in [3.63, 3.8) is 0 Å². The molecular weight excluding hydrogens is 206 g/mol. The van der Waals surface area contributed by atoms with Crippen LogP contribution in [0, 0.1) is 0 Å². The minimum absolute atomic E-state index is 0.0439. The van der Waals surface area contributed by atoms with Gasteiger partial charge in [0.25, 0.3) is 0 Å². The number of nitrogens with one attached hydrogen (secondary N) is 1. The molecule has 0 unspecified atom stereocenters. The van der Waals surface area contributed by atoms with Gasteiger partial charge in [0, 0.05) is 19.0 Å². The van der Waals surface area contributed by atoms with E-state index in [1.54, 1.807) is 0 Å². The SMILES string of the molecule is CC(C)OC(=O)CCCN=C(N)NC1CC1. The first kappa shape index (κ1) is 12.8. The fraction of sp³-hybridized carbons (Fsp3) is 0.818. The van der Waals surface area contributed by atoms with Crippen molar-refractivity contribution in [3.8, 4) is 0 Å². The number of rotatable bonds is 6. The van der Waals surface area contributed by atoms with E-state index in [-0.39, 0.29) is 12.1 Å². The Balaban J connectivity index is 2.03. The normalized spacial score (nSPS) is 16.3. The molecule has 0 bridgehead atoms. The van der Waals surface area contributed by atoms with Crippen molar-refractivity contribution in [2.75, 3.05) is 6.54 Å². The fourth-order valence-corrected chi connectivity index (χ4v) is 1.23. The molecule has 0 aromatic heterocycles. The van der Waals surface area contributed by atoms with Gasteiger partial charge >= 0.3 is 5.97 Å². The Morgan fingerprint density at radius 3 is 2.81 bits per heavy atom. The van der Waals surface area contributed by atoms with Crippen LogP contribution in [-0.2, 0) is 9.53 Å². The number of guanidine groups is 1. The van der Waals surface area contributed by atoms with Crippen molar-refractivity contribution in [3.05, 3.63) is 0 Å². The highest BCUT2D eigenvalue weighted by molar-refractivity contribution is 5.78. The van der Waals surface area contributed by atoms with Crippen LogP contribution in [-0.4, -0.2) is 30.6 Å². The Morgan fingerprint density at radius 2 is 2.25 bits per heavy atom. The monoisotopic (exact) mass is 227 g/mol. The highest BCUT2D eigenvalue weighted by Gasteiger charge is 2.21. The smallest absolute Gasteiger partial charge is 0.306 e. The Morgan fingerprint density at radius 1 is 1.56 bits per heavy atom. The summed E-state index contributed by atoms with van der Waals surface area (Å²) in [7, 11) is 0. The summed E-state index contributed by atoms with van der Waals surface area (Å²) in [4.78, 5) is 15.3. The predicted octanol–water partition coefficient (Wildman–Crippen LogP) is 0.785. The number of ether oxygens (including phenoxy) is 1. The third-order valence-electron chi connectivity index (χ3n) is 2.12. The van der Waals surface area contributed by atoms with Crippen LogP contribution >= 0.6 is 0 Å². The van der Waals surface area contributed by atoms with E-state index >= 15 is 0 Å². The van der Waals surface area contributed by atoms with Gasteiger partial charge in [0.2, 0.25) is 0 Å². The molecule has 1 aliphatic carbocycles. The Hall–Kier alpha value is -1.26. The molecule has 0 spiro atoms.